The zero-order valence-electron chi connectivity index (χ0n) is 13.8. The monoisotopic (exact) mass is 317 g/mol. The van der Waals surface area contributed by atoms with Crippen LogP contribution in [0, 0.1) is 0 Å². The van der Waals surface area contributed by atoms with Crippen molar-refractivity contribution >= 4 is 5.91 Å². The van der Waals surface area contributed by atoms with Gasteiger partial charge in [0.25, 0.3) is 0 Å². The molecule has 1 aromatic heterocycles. The van der Waals surface area contributed by atoms with Gasteiger partial charge in [0.15, 0.2) is 0 Å². The molecule has 0 unspecified atom stereocenters. The summed E-state index contributed by atoms with van der Waals surface area (Å²) in [6, 6.07) is 7.55. The van der Waals surface area contributed by atoms with E-state index in [4.69, 9.17) is 9.47 Å². The molecular formula is C17H23N3O3. The fourth-order valence-corrected chi connectivity index (χ4v) is 1.99. The Morgan fingerprint density at radius 2 is 2.04 bits per heavy atom. The molecule has 1 amide bonds. The van der Waals surface area contributed by atoms with E-state index in [0.717, 1.165) is 22.8 Å². The van der Waals surface area contributed by atoms with Crippen LogP contribution in [0.1, 0.15) is 36.8 Å². The maximum atomic E-state index is 11.8. The van der Waals surface area contributed by atoms with Crippen LogP contribution in [-0.2, 0) is 22.7 Å². The molecule has 0 bridgehead atoms. The molecule has 1 heterocycles. The summed E-state index contributed by atoms with van der Waals surface area (Å²) in [4.78, 5) is 19.2. The van der Waals surface area contributed by atoms with Gasteiger partial charge in [0.05, 0.1) is 32.2 Å². The lowest BCUT2D eigenvalue weighted by molar-refractivity contribution is -0.126. The number of imidazole rings is 1. The summed E-state index contributed by atoms with van der Waals surface area (Å²) in [5, 5.41) is 2.80. The number of nitrogens with one attached hydrogen (secondary N) is 2. The molecule has 0 aliphatic heterocycles. The number of ether oxygens (including phenoxy) is 2. The number of methoxy groups -OCH3 is 1. The van der Waals surface area contributed by atoms with Crippen molar-refractivity contribution in [2.45, 2.75) is 32.9 Å². The first-order valence-electron chi connectivity index (χ1n) is 7.59. The van der Waals surface area contributed by atoms with Crippen molar-refractivity contribution < 1.29 is 14.3 Å². The van der Waals surface area contributed by atoms with Crippen molar-refractivity contribution in [3.8, 4) is 5.75 Å². The van der Waals surface area contributed by atoms with E-state index < -0.39 is 0 Å². The third kappa shape index (κ3) is 5.41. The Kier molecular flexibility index (Phi) is 6.17. The number of carbonyl (C=O) groups excluding carboxylic acids is 1. The van der Waals surface area contributed by atoms with Crippen LogP contribution >= 0.6 is 0 Å². The Bertz CT molecular complexity index is 620. The topological polar surface area (TPSA) is 76.2 Å². The smallest absolute Gasteiger partial charge is 0.246 e. The fourth-order valence-electron chi connectivity index (χ4n) is 1.99. The van der Waals surface area contributed by atoms with Gasteiger partial charge in [0.2, 0.25) is 5.91 Å². The van der Waals surface area contributed by atoms with Gasteiger partial charge in [-0.3, -0.25) is 4.79 Å². The molecular weight excluding hydrogens is 294 g/mol. The largest absolute Gasteiger partial charge is 0.497 e. The van der Waals surface area contributed by atoms with Crippen molar-refractivity contribution in [2.24, 2.45) is 0 Å². The lowest BCUT2D eigenvalue weighted by Gasteiger charge is -2.06. The molecule has 2 rings (SSSR count). The number of hydrogen-bond acceptors (Lipinski definition) is 4. The van der Waals surface area contributed by atoms with E-state index in [1.807, 2.05) is 24.3 Å². The Balaban J connectivity index is 1.68. The van der Waals surface area contributed by atoms with E-state index >= 15 is 0 Å². The van der Waals surface area contributed by atoms with Crippen LogP contribution in [0.25, 0.3) is 0 Å². The Morgan fingerprint density at radius 1 is 1.30 bits per heavy atom. The van der Waals surface area contributed by atoms with E-state index in [0.29, 0.717) is 19.1 Å². The second-order valence-electron chi connectivity index (χ2n) is 5.57. The standard InChI is InChI=1S/C17H23N3O3/c1-12(2)17-19-9-14(20-17)8-18-16(21)11-23-10-13-4-6-15(22-3)7-5-13/h4-7,9,12H,8,10-11H2,1-3H3,(H,18,21)(H,19,20). The van der Waals surface area contributed by atoms with E-state index in [2.05, 4.69) is 29.1 Å². The minimum Gasteiger partial charge on any atom is -0.497 e. The Labute approximate surface area is 136 Å². The second kappa shape index (κ2) is 8.33. The molecule has 6 nitrogen and oxygen atoms in total. The zero-order valence-corrected chi connectivity index (χ0v) is 13.8. The molecule has 124 valence electrons. The van der Waals surface area contributed by atoms with E-state index in [1.165, 1.54) is 0 Å². The van der Waals surface area contributed by atoms with Crippen molar-refractivity contribution in [3.05, 3.63) is 47.5 Å². The highest BCUT2D eigenvalue weighted by molar-refractivity contribution is 5.77. The summed E-state index contributed by atoms with van der Waals surface area (Å²) in [6.45, 7) is 4.96. The van der Waals surface area contributed by atoms with E-state index in [-0.39, 0.29) is 12.5 Å². The fraction of sp³-hybridized carbons (Fsp3) is 0.412. The van der Waals surface area contributed by atoms with Crippen molar-refractivity contribution in [3.63, 3.8) is 0 Å². The Morgan fingerprint density at radius 3 is 2.65 bits per heavy atom. The molecule has 6 heteroatoms. The summed E-state index contributed by atoms with van der Waals surface area (Å²) in [7, 11) is 1.62. The summed E-state index contributed by atoms with van der Waals surface area (Å²) in [6.07, 6.45) is 1.74. The van der Waals surface area contributed by atoms with Crippen LogP contribution < -0.4 is 10.1 Å². The number of aromatic amines is 1. The van der Waals surface area contributed by atoms with Gasteiger partial charge in [-0.1, -0.05) is 26.0 Å². The molecule has 0 radical (unpaired) electrons. The number of nitrogens with zero attached hydrogens (tertiary/aromatic N) is 1. The van der Waals surface area contributed by atoms with Gasteiger partial charge >= 0.3 is 0 Å². The number of rotatable bonds is 8. The van der Waals surface area contributed by atoms with Crippen LogP contribution in [0.3, 0.4) is 0 Å². The zero-order chi connectivity index (χ0) is 16.7. The first kappa shape index (κ1) is 17.0. The van der Waals surface area contributed by atoms with Gasteiger partial charge in [-0.2, -0.15) is 0 Å². The maximum absolute atomic E-state index is 11.8. The maximum Gasteiger partial charge on any atom is 0.246 e. The molecule has 0 spiro atoms. The summed E-state index contributed by atoms with van der Waals surface area (Å²) in [5.41, 5.74) is 1.88. The number of H-pyrrole nitrogens is 1. The van der Waals surface area contributed by atoms with E-state index in [1.54, 1.807) is 13.3 Å². The molecule has 1 aromatic carbocycles. The molecule has 0 saturated carbocycles. The minimum absolute atomic E-state index is 0.0250. The highest BCUT2D eigenvalue weighted by Crippen LogP contribution is 2.12. The van der Waals surface area contributed by atoms with Crippen molar-refractivity contribution in [1.82, 2.24) is 15.3 Å². The van der Waals surface area contributed by atoms with Crippen molar-refractivity contribution in [2.75, 3.05) is 13.7 Å². The number of hydrogen-bond donors (Lipinski definition) is 2. The second-order valence-corrected chi connectivity index (χ2v) is 5.57. The SMILES string of the molecule is COc1ccc(COCC(=O)NCc2cnc(C(C)C)[nH]2)cc1. The number of benzene rings is 1. The van der Waals surface area contributed by atoms with Gasteiger partial charge in [-0.05, 0) is 17.7 Å². The molecule has 0 atom stereocenters. The third-order valence-corrected chi connectivity index (χ3v) is 3.33. The average Bonchev–Trinajstić information content (AvgIpc) is 3.03. The predicted octanol–water partition coefficient (Wildman–Crippen LogP) is 2.37. The molecule has 2 N–H and O–H groups in total. The van der Waals surface area contributed by atoms with Gasteiger partial charge in [0, 0.05) is 5.92 Å². The normalized spacial score (nSPS) is 10.8. The third-order valence-electron chi connectivity index (χ3n) is 3.33. The number of amides is 1. The van der Waals surface area contributed by atoms with Gasteiger partial charge in [0.1, 0.15) is 18.2 Å². The predicted molar refractivity (Wildman–Crippen MR) is 87.2 cm³/mol. The molecule has 23 heavy (non-hydrogen) atoms. The Hall–Kier alpha value is -2.34. The first-order chi connectivity index (χ1) is 11.1. The quantitative estimate of drug-likeness (QED) is 0.784. The summed E-state index contributed by atoms with van der Waals surface area (Å²) < 4.78 is 10.5. The number of aromatic nitrogens is 2. The summed E-state index contributed by atoms with van der Waals surface area (Å²) in [5.74, 6) is 1.91. The molecule has 0 aliphatic rings. The molecule has 0 aliphatic carbocycles. The van der Waals surface area contributed by atoms with Crippen LogP contribution in [0.5, 0.6) is 5.75 Å². The molecule has 0 fully saturated rings. The highest BCUT2D eigenvalue weighted by atomic mass is 16.5. The first-order valence-corrected chi connectivity index (χ1v) is 7.59. The van der Waals surface area contributed by atoms with Crippen LogP contribution in [0.4, 0.5) is 0 Å². The lowest BCUT2D eigenvalue weighted by Crippen LogP contribution is -2.27. The lowest BCUT2D eigenvalue weighted by atomic mass is 10.2. The number of carbonyl (C=O) groups is 1. The van der Waals surface area contributed by atoms with Gasteiger partial charge in [-0.25, -0.2) is 4.98 Å². The van der Waals surface area contributed by atoms with Crippen LogP contribution in [0.15, 0.2) is 30.5 Å². The molecule has 2 aromatic rings. The average molecular weight is 317 g/mol. The highest BCUT2D eigenvalue weighted by Gasteiger charge is 2.06. The van der Waals surface area contributed by atoms with E-state index in [9.17, 15) is 4.79 Å². The minimum atomic E-state index is -0.154. The van der Waals surface area contributed by atoms with Crippen LogP contribution in [0.2, 0.25) is 0 Å². The summed E-state index contributed by atoms with van der Waals surface area (Å²) >= 11 is 0. The van der Waals surface area contributed by atoms with Gasteiger partial charge < -0.3 is 19.8 Å². The molecule has 0 saturated heterocycles. The van der Waals surface area contributed by atoms with Crippen molar-refractivity contribution in [1.29, 1.82) is 0 Å². The van der Waals surface area contributed by atoms with Gasteiger partial charge in [-0.15, -0.1) is 0 Å². The van der Waals surface area contributed by atoms with Crippen LogP contribution in [-0.4, -0.2) is 29.6 Å².